The lowest BCUT2D eigenvalue weighted by molar-refractivity contribution is -0.385. The second-order valence-electron chi connectivity index (χ2n) is 4.50. The number of halogens is 1. The summed E-state index contributed by atoms with van der Waals surface area (Å²) in [5.41, 5.74) is 1.68. The molecule has 2 aromatic heterocycles. The van der Waals surface area contributed by atoms with E-state index in [1.807, 2.05) is 13.8 Å². The largest absolute Gasteiger partial charge is 0.389 e. The second-order valence-corrected chi connectivity index (χ2v) is 5.29. The van der Waals surface area contributed by atoms with Crippen LogP contribution in [0.4, 0.5) is 5.69 Å². The first-order chi connectivity index (χ1) is 9.38. The van der Waals surface area contributed by atoms with Crippen molar-refractivity contribution < 1.29 is 10.0 Å². The molecule has 0 bridgehead atoms. The van der Waals surface area contributed by atoms with E-state index in [0.717, 1.165) is 22.1 Å². The van der Waals surface area contributed by atoms with Gasteiger partial charge in [-0.05, 0) is 29.8 Å². The van der Waals surface area contributed by atoms with Crippen molar-refractivity contribution in [2.24, 2.45) is 0 Å². The van der Waals surface area contributed by atoms with E-state index < -0.39 is 11.0 Å². The van der Waals surface area contributed by atoms with Crippen LogP contribution in [0.1, 0.15) is 11.4 Å². The summed E-state index contributed by atoms with van der Waals surface area (Å²) in [7, 11) is 0. The van der Waals surface area contributed by atoms with Crippen LogP contribution in [0.2, 0.25) is 0 Å². The van der Waals surface area contributed by atoms with Gasteiger partial charge in [-0.25, -0.2) is 0 Å². The third-order valence-electron chi connectivity index (χ3n) is 2.91. The predicted octanol–water partition coefficient (Wildman–Crippen LogP) is 1.43. The maximum Gasteiger partial charge on any atom is 0.306 e. The minimum Gasteiger partial charge on any atom is -0.389 e. The molecule has 0 aliphatic heterocycles. The molecule has 2 aromatic rings. The van der Waals surface area contributed by atoms with Crippen LogP contribution in [0, 0.1) is 24.0 Å². The normalized spacial score (nSPS) is 12.6. The molecule has 0 aliphatic carbocycles. The Bertz CT molecular complexity index is 636. The van der Waals surface area contributed by atoms with Crippen molar-refractivity contribution >= 4 is 21.6 Å². The molecule has 0 aliphatic rings. The van der Waals surface area contributed by atoms with E-state index in [1.165, 1.54) is 10.9 Å². The van der Waals surface area contributed by atoms with Gasteiger partial charge in [0.05, 0.1) is 34.3 Å². The van der Waals surface area contributed by atoms with Gasteiger partial charge in [0.25, 0.3) is 0 Å². The van der Waals surface area contributed by atoms with Crippen LogP contribution >= 0.6 is 15.9 Å². The molecule has 0 radical (unpaired) electrons. The van der Waals surface area contributed by atoms with Crippen molar-refractivity contribution in [3.63, 3.8) is 0 Å². The zero-order valence-electron chi connectivity index (χ0n) is 11.0. The molecule has 8 nitrogen and oxygen atoms in total. The van der Waals surface area contributed by atoms with Gasteiger partial charge in [0.2, 0.25) is 0 Å². The fourth-order valence-electron chi connectivity index (χ4n) is 1.87. The van der Waals surface area contributed by atoms with Gasteiger partial charge in [-0.1, -0.05) is 0 Å². The maximum atomic E-state index is 10.5. The molecule has 1 atom stereocenters. The molecule has 20 heavy (non-hydrogen) atoms. The summed E-state index contributed by atoms with van der Waals surface area (Å²) in [6.07, 6.45) is 1.71. The fraction of sp³-hybridized carbons (Fsp3) is 0.455. The van der Waals surface area contributed by atoms with E-state index in [1.54, 1.807) is 4.68 Å². The summed E-state index contributed by atoms with van der Waals surface area (Å²) >= 11 is 3.42. The lowest BCUT2D eigenvalue weighted by Gasteiger charge is -2.11. The van der Waals surface area contributed by atoms with E-state index in [9.17, 15) is 15.2 Å². The highest BCUT2D eigenvalue weighted by atomic mass is 79.9. The van der Waals surface area contributed by atoms with Crippen molar-refractivity contribution in [3.8, 4) is 0 Å². The molecule has 0 fully saturated rings. The smallest absolute Gasteiger partial charge is 0.306 e. The van der Waals surface area contributed by atoms with E-state index in [4.69, 9.17) is 0 Å². The summed E-state index contributed by atoms with van der Waals surface area (Å²) in [5, 5.41) is 28.7. The number of aryl methyl sites for hydroxylation is 1. The van der Waals surface area contributed by atoms with Gasteiger partial charge in [-0.15, -0.1) is 0 Å². The van der Waals surface area contributed by atoms with E-state index in [0.29, 0.717) is 6.54 Å². The van der Waals surface area contributed by atoms with Gasteiger partial charge in [0.15, 0.2) is 0 Å². The Morgan fingerprint density at radius 3 is 2.70 bits per heavy atom. The Morgan fingerprint density at radius 2 is 2.20 bits per heavy atom. The van der Waals surface area contributed by atoms with Crippen LogP contribution in [0.3, 0.4) is 0 Å². The molecule has 108 valence electrons. The monoisotopic (exact) mass is 343 g/mol. The summed E-state index contributed by atoms with van der Waals surface area (Å²) in [4.78, 5) is 10.0. The quantitative estimate of drug-likeness (QED) is 0.653. The molecule has 0 unspecified atom stereocenters. The Labute approximate surface area is 123 Å². The second kappa shape index (κ2) is 5.71. The molecule has 9 heteroatoms. The van der Waals surface area contributed by atoms with Crippen LogP contribution < -0.4 is 0 Å². The number of hydrogen-bond donors (Lipinski definition) is 1. The first kappa shape index (κ1) is 14.7. The Balaban J connectivity index is 2.02. The third kappa shape index (κ3) is 3.05. The Morgan fingerprint density at radius 1 is 1.50 bits per heavy atom. The number of nitro groups is 1. The molecule has 2 heterocycles. The molecule has 1 N–H and O–H groups in total. The van der Waals surface area contributed by atoms with Gasteiger partial charge in [0, 0.05) is 5.69 Å². The molecular weight excluding hydrogens is 330 g/mol. The topological polar surface area (TPSA) is 99.0 Å². The molecule has 0 saturated carbocycles. The van der Waals surface area contributed by atoms with Gasteiger partial charge in [-0.2, -0.15) is 10.2 Å². The first-order valence-electron chi connectivity index (χ1n) is 5.93. The van der Waals surface area contributed by atoms with Crippen LogP contribution in [0.5, 0.6) is 0 Å². The fourth-order valence-corrected chi connectivity index (χ4v) is 2.16. The van der Waals surface area contributed by atoms with Crippen LogP contribution in [-0.2, 0) is 13.1 Å². The van der Waals surface area contributed by atoms with Crippen molar-refractivity contribution in [2.75, 3.05) is 0 Å². The number of aliphatic hydroxyl groups excluding tert-OH is 1. The highest BCUT2D eigenvalue weighted by Crippen LogP contribution is 2.20. The number of nitrogens with zero attached hydrogens (tertiary/aromatic N) is 5. The number of rotatable bonds is 5. The zero-order chi connectivity index (χ0) is 14.9. The van der Waals surface area contributed by atoms with Crippen molar-refractivity contribution in [2.45, 2.75) is 33.0 Å². The lowest BCUT2D eigenvalue weighted by Crippen LogP contribution is -2.23. The van der Waals surface area contributed by atoms with Gasteiger partial charge in [-0.3, -0.25) is 19.5 Å². The minimum atomic E-state index is -0.737. The summed E-state index contributed by atoms with van der Waals surface area (Å²) < 4.78 is 3.96. The number of aromatic nitrogens is 4. The number of aliphatic hydroxyl groups is 1. The van der Waals surface area contributed by atoms with E-state index in [2.05, 4.69) is 26.1 Å². The van der Waals surface area contributed by atoms with E-state index >= 15 is 0 Å². The van der Waals surface area contributed by atoms with Crippen molar-refractivity contribution in [1.82, 2.24) is 19.6 Å². The average molecular weight is 344 g/mol. The van der Waals surface area contributed by atoms with Crippen LogP contribution in [0.25, 0.3) is 0 Å². The molecule has 0 spiro atoms. The van der Waals surface area contributed by atoms with Crippen LogP contribution in [0.15, 0.2) is 16.9 Å². The van der Waals surface area contributed by atoms with Crippen LogP contribution in [-0.4, -0.2) is 35.7 Å². The molecule has 0 amide bonds. The summed E-state index contributed by atoms with van der Waals surface area (Å²) in [6.45, 7) is 4.24. The van der Waals surface area contributed by atoms with Gasteiger partial charge >= 0.3 is 5.69 Å². The third-order valence-corrected chi connectivity index (χ3v) is 4.05. The predicted molar refractivity (Wildman–Crippen MR) is 74.3 cm³/mol. The van der Waals surface area contributed by atoms with Crippen molar-refractivity contribution in [1.29, 1.82) is 0 Å². The Hall–Kier alpha value is -1.74. The first-order valence-corrected chi connectivity index (χ1v) is 6.72. The molecule has 0 saturated heterocycles. The SMILES string of the molecule is Cc1nn(C[C@@H](O)Cn2cc([N+](=O)[O-])cn2)c(C)c1Br. The summed E-state index contributed by atoms with van der Waals surface area (Å²) in [5.74, 6) is 0. The van der Waals surface area contributed by atoms with Crippen molar-refractivity contribution in [3.05, 3.63) is 38.4 Å². The highest BCUT2D eigenvalue weighted by molar-refractivity contribution is 9.10. The zero-order valence-corrected chi connectivity index (χ0v) is 12.6. The molecular formula is C11H14BrN5O3. The lowest BCUT2D eigenvalue weighted by atomic mass is 10.3. The summed E-state index contributed by atoms with van der Waals surface area (Å²) in [6, 6.07) is 0. The Kier molecular flexibility index (Phi) is 4.19. The van der Waals surface area contributed by atoms with Gasteiger partial charge in [0.1, 0.15) is 12.4 Å². The highest BCUT2D eigenvalue weighted by Gasteiger charge is 2.15. The van der Waals surface area contributed by atoms with E-state index in [-0.39, 0.29) is 12.2 Å². The average Bonchev–Trinajstić information content (AvgIpc) is 2.92. The number of hydrogen-bond acceptors (Lipinski definition) is 5. The minimum absolute atomic E-state index is 0.0916. The maximum absolute atomic E-state index is 10.5. The molecule has 2 rings (SSSR count). The molecule has 0 aromatic carbocycles. The van der Waals surface area contributed by atoms with Gasteiger partial charge < -0.3 is 5.11 Å². The standard InChI is InChI=1S/C11H14BrN5O3/c1-7-11(12)8(2)16(14-7)6-10(18)5-15-4-9(3-13-15)17(19)20/h3-4,10,18H,5-6H2,1-2H3/t10-/m0/s1.